The predicted octanol–water partition coefficient (Wildman–Crippen LogP) is 3.40. The Labute approximate surface area is 94.4 Å². The smallest absolute Gasteiger partial charge is 0.0155 e. The average molecular weight is 217 g/mol. The Hall–Kier alpha value is 0.310. The van der Waals surface area contributed by atoms with Gasteiger partial charge in [-0.1, -0.05) is 27.7 Å². The van der Waals surface area contributed by atoms with Crippen LogP contribution < -0.4 is 5.32 Å². The standard InChI is InChI=1S/C12H27NS/c1-10(2)6-7-12(13-5)9-14-8-11(3)4/h10-13H,6-9H2,1-5H3. The van der Waals surface area contributed by atoms with E-state index in [2.05, 4.69) is 51.8 Å². The van der Waals surface area contributed by atoms with E-state index < -0.39 is 0 Å². The van der Waals surface area contributed by atoms with Crippen molar-refractivity contribution in [3.05, 3.63) is 0 Å². The maximum Gasteiger partial charge on any atom is 0.0155 e. The van der Waals surface area contributed by atoms with E-state index >= 15 is 0 Å². The lowest BCUT2D eigenvalue weighted by Crippen LogP contribution is -2.28. The van der Waals surface area contributed by atoms with Crippen molar-refractivity contribution in [1.29, 1.82) is 0 Å². The molecule has 0 aromatic heterocycles. The van der Waals surface area contributed by atoms with Crippen LogP contribution in [0.1, 0.15) is 40.5 Å². The van der Waals surface area contributed by atoms with Crippen LogP contribution in [0, 0.1) is 11.8 Å². The van der Waals surface area contributed by atoms with Crippen LogP contribution in [0.3, 0.4) is 0 Å². The number of thioether (sulfide) groups is 1. The molecule has 0 rings (SSSR count). The first kappa shape index (κ1) is 14.3. The molecule has 1 atom stereocenters. The first-order valence-electron chi connectivity index (χ1n) is 5.81. The largest absolute Gasteiger partial charge is 0.316 e. The Morgan fingerprint density at radius 2 is 1.57 bits per heavy atom. The van der Waals surface area contributed by atoms with Crippen molar-refractivity contribution >= 4 is 11.8 Å². The molecule has 0 aliphatic heterocycles. The zero-order chi connectivity index (χ0) is 11.0. The Kier molecular flexibility index (Phi) is 8.80. The molecule has 0 amide bonds. The van der Waals surface area contributed by atoms with Gasteiger partial charge in [0.2, 0.25) is 0 Å². The maximum absolute atomic E-state index is 3.41. The highest BCUT2D eigenvalue weighted by Crippen LogP contribution is 2.13. The number of rotatable bonds is 8. The molecule has 0 aliphatic carbocycles. The van der Waals surface area contributed by atoms with E-state index in [4.69, 9.17) is 0 Å². The normalized spacial score (nSPS) is 13.9. The van der Waals surface area contributed by atoms with Crippen LogP contribution >= 0.6 is 11.8 Å². The molecule has 0 radical (unpaired) electrons. The molecular formula is C12H27NS. The summed E-state index contributed by atoms with van der Waals surface area (Å²) < 4.78 is 0. The highest BCUT2D eigenvalue weighted by Gasteiger charge is 2.07. The molecule has 0 spiro atoms. The molecule has 1 N–H and O–H groups in total. The Bertz CT molecular complexity index is 123. The lowest BCUT2D eigenvalue weighted by atomic mass is 10.0. The van der Waals surface area contributed by atoms with Gasteiger partial charge >= 0.3 is 0 Å². The second kappa shape index (κ2) is 8.60. The molecule has 0 fully saturated rings. The van der Waals surface area contributed by atoms with E-state index in [1.807, 2.05) is 0 Å². The van der Waals surface area contributed by atoms with Crippen LogP contribution in [0.2, 0.25) is 0 Å². The van der Waals surface area contributed by atoms with Crippen LogP contribution in [0.15, 0.2) is 0 Å². The second-order valence-electron chi connectivity index (χ2n) is 4.89. The Morgan fingerprint density at radius 1 is 0.929 bits per heavy atom. The maximum atomic E-state index is 3.41. The second-order valence-corrected chi connectivity index (χ2v) is 5.96. The van der Waals surface area contributed by atoms with Gasteiger partial charge in [0.1, 0.15) is 0 Å². The molecule has 1 nitrogen and oxygen atoms in total. The lowest BCUT2D eigenvalue weighted by molar-refractivity contribution is 0.479. The van der Waals surface area contributed by atoms with Gasteiger partial charge in [0.05, 0.1) is 0 Å². The Morgan fingerprint density at radius 3 is 2.00 bits per heavy atom. The van der Waals surface area contributed by atoms with E-state index in [0.29, 0.717) is 6.04 Å². The lowest BCUT2D eigenvalue weighted by Gasteiger charge is -2.17. The van der Waals surface area contributed by atoms with Gasteiger partial charge in [-0.25, -0.2) is 0 Å². The zero-order valence-corrected chi connectivity index (χ0v) is 11.3. The fraction of sp³-hybridized carbons (Fsp3) is 1.00. The third kappa shape index (κ3) is 8.89. The van der Waals surface area contributed by atoms with E-state index in [1.165, 1.54) is 24.3 Å². The molecule has 0 bridgehead atoms. The molecule has 14 heavy (non-hydrogen) atoms. The van der Waals surface area contributed by atoms with Crippen LogP contribution in [0.5, 0.6) is 0 Å². The minimum atomic E-state index is 0.709. The third-order valence-corrected chi connectivity index (χ3v) is 3.81. The van der Waals surface area contributed by atoms with Gasteiger partial charge < -0.3 is 5.32 Å². The fourth-order valence-electron chi connectivity index (χ4n) is 1.29. The molecule has 0 saturated heterocycles. The summed E-state index contributed by atoms with van der Waals surface area (Å²) >= 11 is 2.08. The molecule has 1 unspecified atom stereocenters. The predicted molar refractivity (Wildman–Crippen MR) is 69.1 cm³/mol. The minimum absolute atomic E-state index is 0.709. The minimum Gasteiger partial charge on any atom is -0.316 e. The third-order valence-electron chi connectivity index (χ3n) is 2.27. The summed E-state index contributed by atoms with van der Waals surface area (Å²) in [5.74, 6) is 4.21. The Balaban J connectivity index is 3.48. The monoisotopic (exact) mass is 217 g/mol. The van der Waals surface area contributed by atoms with E-state index in [0.717, 1.165) is 11.8 Å². The molecule has 0 aromatic carbocycles. The van der Waals surface area contributed by atoms with Crippen LogP contribution in [0.25, 0.3) is 0 Å². The highest BCUT2D eigenvalue weighted by atomic mass is 32.2. The van der Waals surface area contributed by atoms with Crippen molar-refractivity contribution in [3.8, 4) is 0 Å². The highest BCUT2D eigenvalue weighted by molar-refractivity contribution is 7.99. The van der Waals surface area contributed by atoms with Crippen LogP contribution in [0.4, 0.5) is 0 Å². The summed E-state index contributed by atoms with van der Waals surface area (Å²) in [7, 11) is 2.08. The summed E-state index contributed by atoms with van der Waals surface area (Å²) in [6.07, 6.45) is 2.66. The topological polar surface area (TPSA) is 12.0 Å². The fourth-order valence-corrected chi connectivity index (χ4v) is 2.52. The van der Waals surface area contributed by atoms with Crippen molar-refractivity contribution < 1.29 is 0 Å². The number of nitrogens with one attached hydrogen (secondary N) is 1. The van der Waals surface area contributed by atoms with Crippen molar-refractivity contribution in [2.75, 3.05) is 18.6 Å². The average Bonchev–Trinajstić information content (AvgIpc) is 2.10. The van der Waals surface area contributed by atoms with Crippen molar-refractivity contribution in [2.24, 2.45) is 11.8 Å². The molecule has 0 saturated carbocycles. The van der Waals surface area contributed by atoms with Gasteiger partial charge in [0.15, 0.2) is 0 Å². The van der Waals surface area contributed by atoms with E-state index in [9.17, 15) is 0 Å². The summed E-state index contributed by atoms with van der Waals surface area (Å²) in [5.41, 5.74) is 0. The van der Waals surface area contributed by atoms with Crippen molar-refractivity contribution in [3.63, 3.8) is 0 Å². The van der Waals surface area contributed by atoms with Gasteiger partial charge in [0.25, 0.3) is 0 Å². The van der Waals surface area contributed by atoms with E-state index in [1.54, 1.807) is 0 Å². The van der Waals surface area contributed by atoms with Crippen LogP contribution in [-0.2, 0) is 0 Å². The molecule has 86 valence electrons. The van der Waals surface area contributed by atoms with Crippen LogP contribution in [-0.4, -0.2) is 24.6 Å². The first-order chi connectivity index (χ1) is 6.56. The number of hydrogen-bond acceptors (Lipinski definition) is 2. The van der Waals surface area contributed by atoms with Gasteiger partial charge in [-0.15, -0.1) is 0 Å². The van der Waals surface area contributed by atoms with Gasteiger partial charge in [-0.3, -0.25) is 0 Å². The SMILES string of the molecule is CNC(CCC(C)C)CSCC(C)C. The van der Waals surface area contributed by atoms with Gasteiger partial charge in [-0.2, -0.15) is 11.8 Å². The summed E-state index contributed by atoms with van der Waals surface area (Å²) in [6.45, 7) is 9.17. The first-order valence-corrected chi connectivity index (χ1v) is 6.96. The summed E-state index contributed by atoms with van der Waals surface area (Å²) in [4.78, 5) is 0. The molecule has 0 heterocycles. The van der Waals surface area contributed by atoms with Crippen molar-refractivity contribution in [1.82, 2.24) is 5.32 Å². The van der Waals surface area contributed by atoms with Gasteiger partial charge in [0, 0.05) is 11.8 Å². The van der Waals surface area contributed by atoms with E-state index in [-0.39, 0.29) is 0 Å². The van der Waals surface area contributed by atoms with Gasteiger partial charge in [-0.05, 0) is 37.5 Å². The zero-order valence-electron chi connectivity index (χ0n) is 10.5. The molecular weight excluding hydrogens is 190 g/mol. The molecule has 0 aliphatic rings. The number of hydrogen-bond donors (Lipinski definition) is 1. The molecule has 2 heteroatoms. The van der Waals surface area contributed by atoms with Crippen molar-refractivity contribution in [2.45, 2.75) is 46.6 Å². The summed E-state index contributed by atoms with van der Waals surface area (Å²) in [5, 5.41) is 3.41. The quantitative estimate of drug-likeness (QED) is 0.669. The molecule has 0 aromatic rings. The summed E-state index contributed by atoms with van der Waals surface area (Å²) in [6, 6.07) is 0.709.